The molecule has 2 heterocycles. The summed E-state index contributed by atoms with van der Waals surface area (Å²) >= 11 is 6.01. The highest BCUT2D eigenvalue weighted by molar-refractivity contribution is 6.31. The predicted molar refractivity (Wildman–Crippen MR) is 90.1 cm³/mol. The number of carbonyl (C=O) groups excluding carboxylic acids is 1. The maximum absolute atomic E-state index is 12.8. The molecule has 1 saturated carbocycles. The third-order valence-corrected chi connectivity index (χ3v) is 4.75. The van der Waals surface area contributed by atoms with Gasteiger partial charge in [0.1, 0.15) is 5.82 Å². The van der Waals surface area contributed by atoms with E-state index >= 15 is 0 Å². The standard InChI is InChI=1S/C17H17ClN4O2/c1-9(16-20-12-6-5-11(18)7-13(12)21-16)22(2)17(23)15-14(10-3-4-10)19-8-24-15/h5-10H,3-4H2,1-2H3,(H,20,21). The molecule has 1 amide bonds. The highest BCUT2D eigenvalue weighted by Crippen LogP contribution is 2.41. The van der Waals surface area contributed by atoms with Crippen molar-refractivity contribution in [1.29, 1.82) is 0 Å². The van der Waals surface area contributed by atoms with Crippen LogP contribution in [-0.2, 0) is 0 Å². The van der Waals surface area contributed by atoms with Crippen LogP contribution in [0.1, 0.15) is 53.8 Å². The number of nitrogens with one attached hydrogen (secondary N) is 1. The van der Waals surface area contributed by atoms with Crippen LogP contribution in [0.25, 0.3) is 11.0 Å². The molecule has 2 aromatic heterocycles. The van der Waals surface area contributed by atoms with Crippen LogP contribution in [0.3, 0.4) is 0 Å². The van der Waals surface area contributed by atoms with Gasteiger partial charge in [-0.1, -0.05) is 11.6 Å². The topological polar surface area (TPSA) is 75.0 Å². The van der Waals surface area contributed by atoms with E-state index < -0.39 is 0 Å². The average Bonchev–Trinajstić information content (AvgIpc) is 3.15. The minimum atomic E-state index is -0.235. The smallest absolute Gasteiger partial charge is 0.291 e. The van der Waals surface area contributed by atoms with Gasteiger partial charge >= 0.3 is 0 Å². The SMILES string of the molecule is CC(c1nc2ccc(Cl)cc2[nH]1)N(C)C(=O)c1ocnc1C1CC1. The second-order valence-electron chi connectivity index (χ2n) is 6.22. The van der Waals surface area contributed by atoms with Crippen molar-refractivity contribution in [3.05, 3.63) is 46.9 Å². The van der Waals surface area contributed by atoms with Crippen molar-refractivity contribution in [2.24, 2.45) is 0 Å². The Bertz CT molecular complexity index is 912. The van der Waals surface area contributed by atoms with Crippen LogP contribution in [0.15, 0.2) is 29.0 Å². The van der Waals surface area contributed by atoms with Gasteiger partial charge in [0.2, 0.25) is 5.76 Å². The Morgan fingerprint density at radius 2 is 2.25 bits per heavy atom. The summed E-state index contributed by atoms with van der Waals surface area (Å²) in [5.41, 5.74) is 2.44. The number of amides is 1. The number of benzene rings is 1. The maximum Gasteiger partial charge on any atom is 0.291 e. The fraction of sp³-hybridized carbons (Fsp3) is 0.353. The second kappa shape index (κ2) is 5.63. The largest absolute Gasteiger partial charge is 0.438 e. The van der Waals surface area contributed by atoms with E-state index in [4.69, 9.17) is 16.0 Å². The number of carbonyl (C=O) groups is 1. The van der Waals surface area contributed by atoms with E-state index in [-0.39, 0.29) is 11.9 Å². The lowest BCUT2D eigenvalue weighted by atomic mass is 10.2. The third-order valence-electron chi connectivity index (χ3n) is 4.51. The summed E-state index contributed by atoms with van der Waals surface area (Å²) in [5.74, 6) is 1.22. The van der Waals surface area contributed by atoms with E-state index in [1.54, 1.807) is 18.0 Å². The van der Waals surface area contributed by atoms with Crippen LogP contribution in [0.5, 0.6) is 0 Å². The summed E-state index contributed by atoms with van der Waals surface area (Å²) in [7, 11) is 1.74. The number of halogens is 1. The summed E-state index contributed by atoms with van der Waals surface area (Å²) in [6.07, 6.45) is 3.48. The van der Waals surface area contributed by atoms with E-state index in [0.717, 1.165) is 29.6 Å². The van der Waals surface area contributed by atoms with Crippen molar-refractivity contribution in [2.45, 2.75) is 31.7 Å². The molecular weight excluding hydrogens is 328 g/mol. The van der Waals surface area contributed by atoms with Gasteiger partial charge < -0.3 is 14.3 Å². The van der Waals surface area contributed by atoms with Crippen molar-refractivity contribution in [2.75, 3.05) is 7.05 Å². The monoisotopic (exact) mass is 344 g/mol. The highest BCUT2D eigenvalue weighted by atomic mass is 35.5. The first kappa shape index (κ1) is 15.2. The molecule has 0 aliphatic heterocycles. The fourth-order valence-electron chi connectivity index (χ4n) is 2.78. The number of fused-ring (bicyclic) bond motifs is 1. The number of H-pyrrole nitrogens is 1. The van der Waals surface area contributed by atoms with Crippen molar-refractivity contribution in [3.8, 4) is 0 Å². The van der Waals surface area contributed by atoms with E-state index in [9.17, 15) is 4.79 Å². The molecule has 6 nitrogen and oxygen atoms in total. The molecule has 0 saturated heterocycles. The molecule has 0 radical (unpaired) electrons. The summed E-state index contributed by atoms with van der Waals surface area (Å²) in [6.45, 7) is 1.92. The lowest BCUT2D eigenvalue weighted by Gasteiger charge is -2.22. The van der Waals surface area contributed by atoms with Crippen LogP contribution in [0.4, 0.5) is 0 Å². The quantitative estimate of drug-likeness (QED) is 0.778. The number of nitrogens with zero attached hydrogens (tertiary/aromatic N) is 3. The molecule has 4 rings (SSSR count). The zero-order valence-electron chi connectivity index (χ0n) is 13.4. The lowest BCUT2D eigenvalue weighted by Crippen LogP contribution is -2.30. The summed E-state index contributed by atoms with van der Waals surface area (Å²) in [6, 6.07) is 5.24. The first-order valence-corrected chi connectivity index (χ1v) is 8.28. The van der Waals surface area contributed by atoms with Gasteiger partial charge in [-0.15, -0.1) is 0 Å². The van der Waals surface area contributed by atoms with Crippen LogP contribution in [0.2, 0.25) is 5.02 Å². The van der Waals surface area contributed by atoms with Gasteiger partial charge in [-0.25, -0.2) is 9.97 Å². The molecule has 1 fully saturated rings. The van der Waals surface area contributed by atoms with Gasteiger partial charge in [0.15, 0.2) is 6.39 Å². The number of aromatic amines is 1. The molecule has 1 atom stereocenters. The predicted octanol–water partition coefficient (Wildman–Crippen LogP) is 3.91. The zero-order chi connectivity index (χ0) is 16.8. The first-order chi connectivity index (χ1) is 11.5. The van der Waals surface area contributed by atoms with Crippen molar-refractivity contribution < 1.29 is 9.21 Å². The number of oxazole rings is 1. The molecule has 7 heteroatoms. The Kier molecular flexibility index (Phi) is 3.57. The maximum atomic E-state index is 12.8. The van der Waals surface area contributed by atoms with E-state index in [2.05, 4.69) is 15.0 Å². The van der Waals surface area contributed by atoms with E-state index in [0.29, 0.717) is 22.5 Å². The van der Waals surface area contributed by atoms with E-state index in [1.165, 1.54) is 6.39 Å². The van der Waals surface area contributed by atoms with Gasteiger partial charge in [-0.05, 0) is 38.0 Å². The molecular formula is C17H17ClN4O2. The Balaban J connectivity index is 1.61. The van der Waals surface area contributed by atoms with Gasteiger partial charge in [-0.3, -0.25) is 4.79 Å². The van der Waals surface area contributed by atoms with Crippen molar-refractivity contribution in [3.63, 3.8) is 0 Å². The number of aromatic nitrogens is 3. The minimum absolute atomic E-state index is 0.180. The van der Waals surface area contributed by atoms with Crippen LogP contribution in [0, 0.1) is 0 Å². The van der Waals surface area contributed by atoms with Crippen molar-refractivity contribution >= 4 is 28.5 Å². The third kappa shape index (κ3) is 2.57. The summed E-state index contributed by atoms with van der Waals surface area (Å²) < 4.78 is 5.36. The average molecular weight is 345 g/mol. The Morgan fingerprint density at radius 3 is 3.00 bits per heavy atom. The van der Waals surface area contributed by atoms with Gasteiger partial charge in [-0.2, -0.15) is 0 Å². The zero-order valence-corrected chi connectivity index (χ0v) is 14.2. The molecule has 1 aromatic carbocycles. The normalized spacial score (nSPS) is 15.6. The molecule has 1 unspecified atom stereocenters. The van der Waals surface area contributed by atoms with Gasteiger partial charge in [0.05, 0.1) is 22.8 Å². The van der Waals surface area contributed by atoms with E-state index in [1.807, 2.05) is 19.1 Å². The minimum Gasteiger partial charge on any atom is -0.438 e. The van der Waals surface area contributed by atoms with Gasteiger partial charge in [0.25, 0.3) is 5.91 Å². The summed E-state index contributed by atoms with van der Waals surface area (Å²) in [5, 5.41) is 0.644. The highest BCUT2D eigenvalue weighted by Gasteiger charge is 2.34. The van der Waals surface area contributed by atoms with Crippen LogP contribution in [-0.4, -0.2) is 32.8 Å². The Labute approximate surface area is 143 Å². The number of hydrogen-bond donors (Lipinski definition) is 1. The fourth-order valence-corrected chi connectivity index (χ4v) is 2.95. The van der Waals surface area contributed by atoms with Crippen LogP contribution < -0.4 is 0 Å². The van der Waals surface area contributed by atoms with Crippen LogP contribution >= 0.6 is 11.6 Å². The summed E-state index contributed by atoms with van der Waals surface area (Å²) in [4.78, 5) is 26.4. The van der Waals surface area contributed by atoms with Gasteiger partial charge in [0, 0.05) is 18.0 Å². The Hall–Kier alpha value is -2.34. The second-order valence-corrected chi connectivity index (χ2v) is 6.65. The molecule has 24 heavy (non-hydrogen) atoms. The number of rotatable bonds is 4. The molecule has 1 N–H and O–H groups in total. The molecule has 0 spiro atoms. The molecule has 124 valence electrons. The molecule has 3 aromatic rings. The number of hydrogen-bond acceptors (Lipinski definition) is 4. The Morgan fingerprint density at radius 1 is 1.46 bits per heavy atom. The molecule has 1 aliphatic carbocycles. The van der Waals surface area contributed by atoms with Crippen molar-refractivity contribution in [1.82, 2.24) is 19.9 Å². The molecule has 0 bridgehead atoms. The molecule has 1 aliphatic rings. The number of imidazole rings is 1. The first-order valence-electron chi connectivity index (χ1n) is 7.90. The lowest BCUT2D eigenvalue weighted by molar-refractivity contribution is 0.0703.